The fourth-order valence-corrected chi connectivity index (χ4v) is 3.94. The van der Waals surface area contributed by atoms with Gasteiger partial charge in [-0.25, -0.2) is 0 Å². The van der Waals surface area contributed by atoms with Crippen molar-refractivity contribution < 1.29 is 15.3 Å². The molecule has 3 nitrogen and oxygen atoms in total. The molecule has 5 heteroatoms. The van der Waals surface area contributed by atoms with Gasteiger partial charge >= 0.3 is 0 Å². The lowest BCUT2D eigenvalue weighted by Crippen LogP contribution is -2.30. The Morgan fingerprint density at radius 1 is 1.17 bits per heavy atom. The van der Waals surface area contributed by atoms with Crippen LogP contribution in [0.4, 0.5) is 0 Å². The second-order valence-electron chi connectivity index (χ2n) is 2.72. The molecule has 1 aliphatic rings. The van der Waals surface area contributed by atoms with E-state index in [1.807, 2.05) is 23.5 Å². The smallest absolute Gasteiger partial charge is 0.103 e. The van der Waals surface area contributed by atoms with E-state index in [0.717, 1.165) is 11.5 Å². The average Bonchev–Trinajstić information content (AvgIpc) is 2.55. The van der Waals surface area contributed by atoms with E-state index >= 15 is 0 Å². The molecule has 0 bridgehead atoms. The molecule has 0 amide bonds. The van der Waals surface area contributed by atoms with Crippen molar-refractivity contribution in [3.8, 4) is 0 Å². The van der Waals surface area contributed by atoms with E-state index < -0.39 is 12.2 Å². The van der Waals surface area contributed by atoms with E-state index in [0.29, 0.717) is 11.0 Å². The highest BCUT2D eigenvalue weighted by Crippen LogP contribution is 2.35. The van der Waals surface area contributed by atoms with Crippen LogP contribution in [0, 0.1) is 0 Å². The van der Waals surface area contributed by atoms with Crippen molar-refractivity contribution in [2.24, 2.45) is 0 Å². The van der Waals surface area contributed by atoms with Gasteiger partial charge in [-0.3, -0.25) is 0 Å². The van der Waals surface area contributed by atoms with Crippen LogP contribution in [0.3, 0.4) is 0 Å². The molecule has 3 N–H and O–H groups in total. The molecule has 0 radical (unpaired) electrons. The Morgan fingerprint density at radius 3 is 2.25 bits per heavy atom. The molecule has 2 atom stereocenters. The van der Waals surface area contributed by atoms with E-state index in [9.17, 15) is 5.11 Å². The third kappa shape index (κ3) is 3.14. The zero-order valence-corrected chi connectivity index (χ0v) is 8.35. The molecular formula is C7H14O3S2. The molecule has 1 fully saturated rings. The number of hydrogen-bond acceptors (Lipinski definition) is 5. The molecule has 0 aromatic rings. The Labute approximate surface area is 80.6 Å². The summed E-state index contributed by atoms with van der Waals surface area (Å²) in [5.41, 5.74) is 0. The summed E-state index contributed by atoms with van der Waals surface area (Å²) in [5, 5.41) is 27.0. The third-order valence-corrected chi connectivity index (χ3v) is 4.84. The lowest BCUT2D eigenvalue weighted by atomic mass is 10.2. The molecule has 1 aliphatic heterocycles. The maximum atomic E-state index is 9.34. The van der Waals surface area contributed by atoms with E-state index in [-0.39, 0.29) is 6.61 Å². The Kier molecular flexibility index (Phi) is 4.74. The van der Waals surface area contributed by atoms with E-state index in [2.05, 4.69) is 0 Å². The number of hydrogen-bond donors (Lipinski definition) is 3. The van der Waals surface area contributed by atoms with Crippen molar-refractivity contribution in [2.75, 3.05) is 18.1 Å². The normalized spacial score (nSPS) is 24.2. The highest BCUT2D eigenvalue weighted by molar-refractivity contribution is 8.20. The average molecular weight is 210 g/mol. The Morgan fingerprint density at radius 2 is 1.75 bits per heavy atom. The topological polar surface area (TPSA) is 60.7 Å². The van der Waals surface area contributed by atoms with Crippen LogP contribution in [0.15, 0.2) is 0 Å². The first-order chi connectivity index (χ1) is 5.74. The van der Waals surface area contributed by atoms with Crippen molar-refractivity contribution in [2.45, 2.75) is 23.2 Å². The summed E-state index contributed by atoms with van der Waals surface area (Å²) in [6, 6.07) is 0. The lowest BCUT2D eigenvalue weighted by Gasteiger charge is -2.17. The van der Waals surface area contributed by atoms with Gasteiger partial charge in [0.1, 0.15) is 6.10 Å². The monoisotopic (exact) mass is 210 g/mol. The summed E-state index contributed by atoms with van der Waals surface area (Å²) < 4.78 is 0.390. The van der Waals surface area contributed by atoms with Crippen molar-refractivity contribution in [3.05, 3.63) is 0 Å². The molecule has 12 heavy (non-hydrogen) atoms. The standard InChI is InChI=1S/C7H14O3S2/c8-4-6(10)5(9)3-7-11-1-2-12-7/h5-10H,1-4H2/t5-,6+/m0/s1. The van der Waals surface area contributed by atoms with Crippen molar-refractivity contribution in [1.29, 1.82) is 0 Å². The molecule has 1 heterocycles. The van der Waals surface area contributed by atoms with Crippen LogP contribution in [0.5, 0.6) is 0 Å². The predicted molar refractivity (Wildman–Crippen MR) is 52.4 cm³/mol. The summed E-state index contributed by atoms with van der Waals surface area (Å²) in [7, 11) is 0. The molecule has 0 unspecified atom stereocenters. The second kappa shape index (κ2) is 5.34. The molecule has 0 aromatic carbocycles. The molecule has 0 saturated carbocycles. The van der Waals surface area contributed by atoms with Gasteiger partial charge in [0.2, 0.25) is 0 Å². The summed E-state index contributed by atoms with van der Waals surface area (Å²) in [6.45, 7) is -0.358. The van der Waals surface area contributed by atoms with Gasteiger partial charge in [-0.2, -0.15) is 0 Å². The molecule has 1 rings (SSSR count). The van der Waals surface area contributed by atoms with Crippen molar-refractivity contribution >= 4 is 23.5 Å². The zero-order valence-electron chi connectivity index (χ0n) is 6.72. The molecular weight excluding hydrogens is 196 g/mol. The van der Waals surface area contributed by atoms with E-state index in [1.165, 1.54) is 0 Å². The fraction of sp³-hybridized carbons (Fsp3) is 1.00. The maximum Gasteiger partial charge on any atom is 0.103 e. The minimum atomic E-state index is -0.980. The largest absolute Gasteiger partial charge is 0.394 e. The Hall–Kier alpha value is 0.580. The van der Waals surface area contributed by atoms with Gasteiger partial charge < -0.3 is 15.3 Å². The first-order valence-electron chi connectivity index (χ1n) is 3.94. The quantitative estimate of drug-likeness (QED) is 0.605. The van der Waals surface area contributed by atoms with Crippen LogP contribution in [0.2, 0.25) is 0 Å². The first-order valence-corrected chi connectivity index (χ1v) is 6.04. The second-order valence-corrected chi connectivity index (χ2v) is 5.64. The summed E-state index contributed by atoms with van der Waals surface area (Å²) >= 11 is 3.62. The first kappa shape index (κ1) is 10.7. The fourth-order valence-electron chi connectivity index (χ4n) is 1.02. The van der Waals surface area contributed by atoms with Crippen LogP contribution in [-0.2, 0) is 0 Å². The molecule has 0 aliphatic carbocycles. The summed E-state index contributed by atoms with van der Waals surface area (Å²) in [6.07, 6.45) is -1.19. The minimum absolute atomic E-state index is 0.358. The van der Waals surface area contributed by atoms with Gasteiger partial charge in [-0.05, 0) is 6.42 Å². The Bertz CT molecular complexity index is 128. The lowest BCUT2D eigenvalue weighted by molar-refractivity contribution is -0.0154. The third-order valence-electron chi connectivity index (χ3n) is 1.76. The molecule has 0 spiro atoms. The zero-order chi connectivity index (χ0) is 8.97. The predicted octanol–water partition coefficient (Wildman–Crippen LogP) is -0.103. The van der Waals surface area contributed by atoms with Gasteiger partial charge in [-0.15, -0.1) is 23.5 Å². The number of thioether (sulfide) groups is 2. The van der Waals surface area contributed by atoms with Crippen LogP contribution in [-0.4, -0.2) is 50.2 Å². The molecule has 72 valence electrons. The van der Waals surface area contributed by atoms with Gasteiger partial charge in [0, 0.05) is 11.5 Å². The highest BCUT2D eigenvalue weighted by atomic mass is 32.2. The van der Waals surface area contributed by atoms with Crippen molar-refractivity contribution in [3.63, 3.8) is 0 Å². The number of rotatable bonds is 4. The van der Waals surface area contributed by atoms with Crippen LogP contribution in [0.1, 0.15) is 6.42 Å². The van der Waals surface area contributed by atoms with Crippen LogP contribution >= 0.6 is 23.5 Å². The highest BCUT2D eigenvalue weighted by Gasteiger charge is 2.23. The van der Waals surface area contributed by atoms with E-state index in [1.54, 1.807) is 0 Å². The van der Waals surface area contributed by atoms with E-state index in [4.69, 9.17) is 10.2 Å². The van der Waals surface area contributed by atoms with Gasteiger partial charge in [0.25, 0.3) is 0 Å². The maximum absolute atomic E-state index is 9.34. The van der Waals surface area contributed by atoms with Gasteiger partial charge in [-0.1, -0.05) is 0 Å². The summed E-state index contributed by atoms with van der Waals surface area (Å²) in [4.78, 5) is 0. The Balaban J connectivity index is 2.19. The van der Waals surface area contributed by atoms with Gasteiger partial charge in [0.05, 0.1) is 17.3 Å². The SMILES string of the molecule is OC[C@@H](O)[C@@H](O)CC1SCCS1. The van der Waals surface area contributed by atoms with Crippen molar-refractivity contribution in [1.82, 2.24) is 0 Å². The van der Waals surface area contributed by atoms with Crippen LogP contribution < -0.4 is 0 Å². The molecule has 1 saturated heterocycles. The minimum Gasteiger partial charge on any atom is -0.394 e. The summed E-state index contributed by atoms with van der Waals surface area (Å²) in [5.74, 6) is 2.24. The van der Waals surface area contributed by atoms with Gasteiger partial charge in [0.15, 0.2) is 0 Å². The number of aliphatic hydroxyl groups excluding tert-OH is 3. The molecule has 0 aromatic heterocycles. The van der Waals surface area contributed by atoms with Crippen LogP contribution in [0.25, 0.3) is 0 Å². The number of aliphatic hydroxyl groups is 3.